The van der Waals surface area contributed by atoms with Gasteiger partial charge in [-0.2, -0.15) is 16.4 Å². The van der Waals surface area contributed by atoms with Gasteiger partial charge in [0.05, 0.1) is 18.3 Å². The molecule has 0 bridgehead atoms. The first kappa shape index (κ1) is 15.1. The van der Waals surface area contributed by atoms with Crippen LogP contribution in [0.15, 0.2) is 39.4 Å². The number of likely N-dealkylation sites (tertiary alicyclic amines) is 1. The topological polar surface area (TPSA) is 35.9 Å². The fourth-order valence-electron chi connectivity index (χ4n) is 3.25. The van der Waals surface area contributed by atoms with Crippen LogP contribution in [0.1, 0.15) is 35.7 Å². The van der Waals surface area contributed by atoms with Gasteiger partial charge in [0.1, 0.15) is 0 Å². The molecule has 1 fully saturated rings. The van der Waals surface area contributed by atoms with Crippen LogP contribution in [-0.4, -0.2) is 41.2 Å². The molecule has 0 N–H and O–H groups in total. The number of rotatable bonds is 4. The minimum Gasteiger partial charge on any atom is -0.294 e. The Hall–Kier alpha value is -1.50. The fourth-order valence-corrected chi connectivity index (χ4v) is 4.73. The van der Waals surface area contributed by atoms with Crippen LogP contribution in [0.2, 0.25) is 0 Å². The first-order valence-corrected chi connectivity index (χ1v) is 9.81. The molecule has 4 rings (SSSR count). The van der Waals surface area contributed by atoms with Crippen LogP contribution in [0.25, 0.3) is 0 Å². The molecule has 1 atom stereocenters. The van der Waals surface area contributed by atoms with E-state index in [1.807, 2.05) is 6.07 Å². The maximum atomic E-state index is 12.8. The molecular weight excluding hydrogens is 326 g/mol. The zero-order chi connectivity index (χ0) is 15.6. The minimum atomic E-state index is 0.0556. The highest BCUT2D eigenvalue weighted by atomic mass is 32.1. The molecule has 1 amide bonds. The van der Waals surface area contributed by atoms with E-state index < -0.39 is 0 Å². The highest BCUT2D eigenvalue weighted by molar-refractivity contribution is 7.10. The summed E-state index contributed by atoms with van der Waals surface area (Å²) in [5.74, 6) is 0.121. The third-order valence-electron chi connectivity index (χ3n) is 4.45. The summed E-state index contributed by atoms with van der Waals surface area (Å²) in [7, 11) is 0. The van der Waals surface area contributed by atoms with Gasteiger partial charge >= 0.3 is 0 Å². The monoisotopic (exact) mass is 345 g/mol. The summed E-state index contributed by atoms with van der Waals surface area (Å²) < 4.78 is 0. The van der Waals surface area contributed by atoms with Gasteiger partial charge in [0.2, 0.25) is 0 Å². The van der Waals surface area contributed by atoms with Crippen LogP contribution in [-0.2, 0) is 4.79 Å². The third-order valence-corrected chi connectivity index (χ3v) is 6.11. The quantitative estimate of drug-likeness (QED) is 0.849. The predicted molar refractivity (Wildman–Crippen MR) is 95.1 cm³/mol. The van der Waals surface area contributed by atoms with Crippen LogP contribution in [0.4, 0.5) is 0 Å². The summed E-state index contributed by atoms with van der Waals surface area (Å²) in [6.45, 7) is 2.55. The number of hydrogen-bond donors (Lipinski definition) is 0. The van der Waals surface area contributed by atoms with Gasteiger partial charge in [0.25, 0.3) is 5.91 Å². The summed E-state index contributed by atoms with van der Waals surface area (Å²) in [5, 5.41) is 12.7. The largest absolute Gasteiger partial charge is 0.294 e. The molecule has 2 aromatic heterocycles. The molecule has 0 aromatic carbocycles. The summed E-state index contributed by atoms with van der Waals surface area (Å²) in [6, 6.07) is 6.30. The minimum absolute atomic E-state index is 0.0556. The van der Waals surface area contributed by atoms with Gasteiger partial charge in [-0.05, 0) is 54.2 Å². The second-order valence-corrected chi connectivity index (χ2v) is 7.77. The number of hydrazone groups is 1. The zero-order valence-electron chi connectivity index (χ0n) is 12.9. The molecule has 23 heavy (non-hydrogen) atoms. The number of carbonyl (C=O) groups excluding carboxylic acids is 1. The van der Waals surface area contributed by atoms with Crippen molar-refractivity contribution in [1.82, 2.24) is 9.91 Å². The van der Waals surface area contributed by atoms with Crippen molar-refractivity contribution in [3.8, 4) is 0 Å². The number of nitrogens with zero attached hydrogens (tertiary/aromatic N) is 3. The molecule has 120 valence electrons. The zero-order valence-corrected chi connectivity index (χ0v) is 14.5. The number of hydrogen-bond acceptors (Lipinski definition) is 5. The Morgan fingerprint density at radius 1 is 1.26 bits per heavy atom. The summed E-state index contributed by atoms with van der Waals surface area (Å²) >= 11 is 3.38. The van der Waals surface area contributed by atoms with E-state index in [-0.39, 0.29) is 11.9 Å². The second-order valence-electron chi connectivity index (χ2n) is 6.02. The van der Waals surface area contributed by atoms with Crippen LogP contribution >= 0.6 is 22.7 Å². The van der Waals surface area contributed by atoms with E-state index in [9.17, 15) is 4.79 Å². The van der Waals surface area contributed by atoms with E-state index in [0.29, 0.717) is 6.54 Å². The first-order valence-electron chi connectivity index (χ1n) is 7.99. The van der Waals surface area contributed by atoms with Gasteiger partial charge in [-0.3, -0.25) is 9.69 Å². The highest BCUT2D eigenvalue weighted by Gasteiger charge is 2.34. The van der Waals surface area contributed by atoms with E-state index in [2.05, 4.69) is 33.2 Å². The molecule has 4 nitrogen and oxygen atoms in total. The Bertz CT molecular complexity index is 688. The van der Waals surface area contributed by atoms with Crippen LogP contribution < -0.4 is 0 Å². The fraction of sp³-hybridized carbons (Fsp3) is 0.412. The summed E-state index contributed by atoms with van der Waals surface area (Å²) in [4.78, 5) is 16.3. The molecule has 2 aliphatic heterocycles. The van der Waals surface area contributed by atoms with E-state index in [0.717, 1.165) is 30.8 Å². The lowest BCUT2D eigenvalue weighted by atomic mass is 10.1. The maximum absolute atomic E-state index is 12.8. The average molecular weight is 345 g/mol. The lowest BCUT2D eigenvalue weighted by Gasteiger charge is -2.23. The Kier molecular flexibility index (Phi) is 4.29. The number of thiophene rings is 2. The number of carbonyl (C=O) groups is 1. The molecule has 2 aromatic rings. The first-order chi connectivity index (χ1) is 11.3. The molecule has 2 aliphatic rings. The Balaban J connectivity index is 1.57. The standard InChI is InChI=1S/C17H19N3OS2/c21-17(11-19-6-1-2-7-19)20-15(16-4-3-8-23-16)10-14(18-20)13-5-9-22-12-13/h3-5,8-9,12,15H,1-2,6-7,10-11H2/t15-/m0/s1. The molecule has 0 aliphatic carbocycles. The molecule has 0 radical (unpaired) electrons. The molecule has 1 saturated heterocycles. The van der Waals surface area contributed by atoms with Crippen molar-refractivity contribution in [2.75, 3.05) is 19.6 Å². The van der Waals surface area contributed by atoms with E-state index in [4.69, 9.17) is 5.10 Å². The SMILES string of the molecule is O=C(CN1CCCC1)N1N=C(c2ccsc2)C[C@H]1c1cccs1. The van der Waals surface area contributed by atoms with E-state index >= 15 is 0 Å². The van der Waals surface area contributed by atoms with Gasteiger partial charge in [-0.15, -0.1) is 11.3 Å². The molecule has 6 heteroatoms. The molecule has 0 unspecified atom stereocenters. The molecule has 0 saturated carbocycles. The Morgan fingerprint density at radius 2 is 2.13 bits per heavy atom. The van der Waals surface area contributed by atoms with Crippen molar-refractivity contribution in [2.45, 2.75) is 25.3 Å². The van der Waals surface area contributed by atoms with E-state index in [1.54, 1.807) is 27.7 Å². The average Bonchev–Trinajstić information content (AvgIpc) is 3.30. The van der Waals surface area contributed by atoms with E-state index in [1.165, 1.54) is 17.7 Å². The molecule has 0 spiro atoms. The second kappa shape index (κ2) is 6.55. The predicted octanol–water partition coefficient (Wildman–Crippen LogP) is 3.58. The van der Waals surface area contributed by atoms with Gasteiger partial charge < -0.3 is 0 Å². The van der Waals surface area contributed by atoms with Gasteiger partial charge in [0.15, 0.2) is 0 Å². The van der Waals surface area contributed by atoms with Crippen molar-refractivity contribution in [3.63, 3.8) is 0 Å². The van der Waals surface area contributed by atoms with Gasteiger partial charge in [0, 0.05) is 16.9 Å². The highest BCUT2D eigenvalue weighted by Crippen LogP contribution is 2.35. The van der Waals surface area contributed by atoms with Crippen LogP contribution in [0.5, 0.6) is 0 Å². The Labute approximate surface area is 144 Å². The van der Waals surface area contributed by atoms with Crippen molar-refractivity contribution in [1.29, 1.82) is 0 Å². The van der Waals surface area contributed by atoms with Crippen LogP contribution in [0, 0.1) is 0 Å². The molecular formula is C17H19N3OS2. The lowest BCUT2D eigenvalue weighted by Crippen LogP contribution is -2.36. The third kappa shape index (κ3) is 3.11. The normalized spacial score (nSPS) is 21.8. The smallest absolute Gasteiger partial charge is 0.257 e. The lowest BCUT2D eigenvalue weighted by molar-refractivity contribution is -0.133. The molecule has 4 heterocycles. The summed E-state index contributed by atoms with van der Waals surface area (Å²) in [6.07, 6.45) is 3.21. The van der Waals surface area contributed by atoms with Crippen molar-refractivity contribution < 1.29 is 4.79 Å². The maximum Gasteiger partial charge on any atom is 0.257 e. The van der Waals surface area contributed by atoms with Crippen molar-refractivity contribution in [2.24, 2.45) is 5.10 Å². The Morgan fingerprint density at radius 3 is 2.83 bits per heavy atom. The van der Waals surface area contributed by atoms with Gasteiger partial charge in [-0.25, -0.2) is 5.01 Å². The number of amides is 1. The summed E-state index contributed by atoms with van der Waals surface area (Å²) in [5.41, 5.74) is 2.17. The van der Waals surface area contributed by atoms with Crippen LogP contribution in [0.3, 0.4) is 0 Å². The van der Waals surface area contributed by atoms with Crippen molar-refractivity contribution >= 4 is 34.3 Å². The van der Waals surface area contributed by atoms with Crippen molar-refractivity contribution in [3.05, 3.63) is 44.8 Å². The van der Waals surface area contributed by atoms with Gasteiger partial charge in [-0.1, -0.05) is 6.07 Å².